The van der Waals surface area contributed by atoms with E-state index in [4.69, 9.17) is 5.11 Å². The minimum Gasteiger partial charge on any atom is -0.478 e. The number of carboxylic acids is 1. The Kier molecular flexibility index (Phi) is 4.85. The van der Waals surface area contributed by atoms with Crippen molar-refractivity contribution in [2.75, 3.05) is 0 Å². The molecule has 20 heavy (non-hydrogen) atoms. The minimum atomic E-state index is -0.885. The second-order valence-electron chi connectivity index (χ2n) is 6.70. The number of aliphatic carboxylic acids is 1. The predicted octanol–water partition coefficient (Wildman–Crippen LogP) is 4.30. The summed E-state index contributed by atoms with van der Waals surface area (Å²) in [6.45, 7) is 7.01. The van der Waals surface area contributed by atoms with E-state index in [1.165, 1.54) is 18.9 Å². The zero-order chi connectivity index (χ0) is 14.7. The van der Waals surface area contributed by atoms with Gasteiger partial charge in [0.1, 0.15) is 0 Å². The maximum atomic E-state index is 10.5. The van der Waals surface area contributed by atoms with E-state index >= 15 is 0 Å². The highest BCUT2D eigenvalue weighted by atomic mass is 16.4. The van der Waals surface area contributed by atoms with Crippen molar-refractivity contribution in [3.63, 3.8) is 0 Å². The van der Waals surface area contributed by atoms with Crippen LogP contribution in [0.15, 0.2) is 36.5 Å². The molecule has 2 aliphatic carbocycles. The molecular formula is C18H26O2. The molecular weight excluding hydrogens is 248 g/mol. The standard InChI is InChI=1S/C18H26O2/c1-12-10-14(3)18-15(11-12)9-8-13(2)16(18)6-4-5-7-17(19)20/h4-9,12-16,18H,10-11H2,1-3H3,(H,19,20)/t12-,13-,14+,15-,16-,18-/m0/s1. The van der Waals surface area contributed by atoms with Crippen LogP contribution in [0.5, 0.6) is 0 Å². The van der Waals surface area contributed by atoms with Gasteiger partial charge >= 0.3 is 5.97 Å². The Balaban J connectivity index is 2.14. The molecule has 0 heterocycles. The SMILES string of the molecule is C[C@H]1C[C@@H](C)[C@@H]2[C@@H](C=CC=CC(=O)O)[C@@H](C)C=C[C@H]2C1. The van der Waals surface area contributed by atoms with Crippen LogP contribution >= 0.6 is 0 Å². The van der Waals surface area contributed by atoms with E-state index in [1.807, 2.05) is 6.08 Å². The lowest BCUT2D eigenvalue weighted by atomic mass is 9.59. The number of fused-ring (bicyclic) bond motifs is 1. The maximum Gasteiger partial charge on any atom is 0.328 e. The minimum absolute atomic E-state index is 0.533. The molecule has 0 aromatic carbocycles. The Morgan fingerprint density at radius 2 is 1.90 bits per heavy atom. The number of carboxylic acid groups (broad SMARTS) is 1. The van der Waals surface area contributed by atoms with Gasteiger partial charge in [-0.2, -0.15) is 0 Å². The van der Waals surface area contributed by atoms with Crippen LogP contribution in [0.4, 0.5) is 0 Å². The predicted molar refractivity (Wildman–Crippen MR) is 82.3 cm³/mol. The first-order valence-electron chi connectivity index (χ1n) is 7.75. The quantitative estimate of drug-likeness (QED) is 0.473. The average Bonchev–Trinajstić information content (AvgIpc) is 2.36. The van der Waals surface area contributed by atoms with Gasteiger partial charge in [-0.05, 0) is 48.3 Å². The van der Waals surface area contributed by atoms with Crippen LogP contribution in [0.1, 0.15) is 33.6 Å². The van der Waals surface area contributed by atoms with Crippen LogP contribution in [-0.4, -0.2) is 11.1 Å². The van der Waals surface area contributed by atoms with E-state index in [1.54, 1.807) is 6.08 Å². The van der Waals surface area contributed by atoms with Crippen molar-refractivity contribution in [3.8, 4) is 0 Å². The van der Waals surface area contributed by atoms with Crippen molar-refractivity contribution < 1.29 is 9.90 Å². The summed E-state index contributed by atoms with van der Waals surface area (Å²) in [5.74, 6) is 3.16. The van der Waals surface area contributed by atoms with Gasteiger partial charge in [0.25, 0.3) is 0 Å². The number of rotatable bonds is 3. The first kappa shape index (κ1) is 15.1. The summed E-state index contributed by atoms with van der Waals surface area (Å²) in [4.78, 5) is 10.5. The number of hydrogen-bond donors (Lipinski definition) is 1. The Bertz CT molecular complexity index is 433. The van der Waals surface area contributed by atoms with Crippen molar-refractivity contribution in [2.45, 2.75) is 33.6 Å². The zero-order valence-corrected chi connectivity index (χ0v) is 12.7. The summed E-state index contributed by atoms with van der Waals surface area (Å²) in [6.07, 6.45) is 14.4. The second-order valence-corrected chi connectivity index (χ2v) is 6.70. The number of carbonyl (C=O) groups is 1. The number of hydrogen-bond acceptors (Lipinski definition) is 1. The highest BCUT2D eigenvalue weighted by Gasteiger charge is 2.40. The summed E-state index contributed by atoms with van der Waals surface area (Å²) < 4.78 is 0. The monoisotopic (exact) mass is 274 g/mol. The Morgan fingerprint density at radius 3 is 2.60 bits per heavy atom. The fourth-order valence-corrected chi connectivity index (χ4v) is 4.23. The molecule has 0 bridgehead atoms. The van der Waals surface area contributed by atoms with Gasteiger partial charge in [-0.1, -0.05) is 51.2 Å². The lowest BCUT2D eigenvalue weighted by Gasteiger charge is -2.46. The lowest BCUT2D eigenvalue weighted by molar-refractivity contribution is -0.131. The van der Waals surface area contributed by atoms with E-state index in [0.717, 1.165) is 11.8 Å². The Labute approximate surface area is 122 Å². The Hall–Kier alpha value is -1.31. The summed E-state index contributed by atoms with van der Waals surface area (Å²) in [7, 11) is 0. The summed E-state index contributed by atoms with van der Waals surface area (Å²) in [6, 6.07) is 0. The summed E-state index contributed by atoms with van der Waals surface area (Å²) in [5.41, 5.74) is 0. The molecule has 2 rings (SSSR count). The summed E-state index contributed by atoms with van der Waals surface area (Å²) in [5, 5.41) is 8.63. The third-order valence-corrected chi connectivity index (χ3v) is 5.00. The topological polar surface area (TPSA) is 37.3 Å². The molecule has 0 aromatic rings. The first-order chi connectivity index (χ1) is 9.49. The zero-order valence-electron chi connectivity index (χ0n) is 12.7. The molecule has 0 saturated heterocycles. The fourth-order valence-electron chi connectivity index (χ4n) is 4.23. The molecule has 1 fully saturated rings. The largest absolute Gasteiger partial charge is 0.478 e. The molecule has 110 valence electrons. The van der Waals surface area contributed by atoms with Gasteiger partial charge in [0, 0.05) is 6.08 Å². The highest BCUT2D eigenvalue weighted by Crippen LogP contribution is 2.48. The van der Waals surface area contributed by atoms with Gasteiger partial charge in [-0.25, -0.2) is 4.79 Å². The normalized spacial score (nSPS) is 41.1. The molecule has 6 atom stereocenters. The molecule has 0 radical (unpaired) electrons. The second kappa shape index (κ2) is 6.43. The lowest BCUT2D eigenvalue weighted by Crippen LogP contribution is -2.38. The van der Waals surface area contributed by atoms with Crippen LogP contribution in [0.2, 0.25) is 0 Å². The van der Waals surface area contributed by atoms with Gasteiger partial charge in [0.15, 0.2) is 0 Å². The van der Waals surface area contributed by atoms with Crippen LogP contribution in [0.3, 0.4) is 0 Å². The Morgan fingerprint density at radius 1 is 1.15 bits per heavy atom. The van der Waals surface area contributed by atoms with Crippen molar-refractivity contribution in [2.24, 2.45) is 35.5 Å². The smallest absolute Gasteiger partial charge is 0.328 e. The van der Waals surface area contributed by atoms with Crippen LogP contribution < -0.4 is 0 Å². The molecule has 0 spiro atoms. The van der Waals surface area contributed by atoms with E-state index in [0.29, 0.717) is 23.7 Å². The van der Waals surface area contributed by atoms with Crippen molar-refractivity contribution in [3.05, 3.63) is 36.5 Å². The molecule has 2 aliphatic rings. The first-order valence-corrected chi connectivity index (χ1v) is 7.75. The van der Waals surface area contributed by atoms with E-state index in [9.17, 15) is 4.79 Å². The van der Waals surface area contributed by atoms with E-state index < -0.39 is 5.97 Å². The van der Waals surface area contributed by atoms with Crippen LogP contribution in [0.25, 0.3) is 0 Å². The van der Waals surface area contributed by atoms with Crippen molar-refractivity contribution in [1.82, 2.24) is 0 Å². The summed E-state index contributed by atoms with van der Waals surface area (Å²) >= 11 is 0. The van der Waals surface area contributed by atoms with Gasteiger partial charge in [0.05, 0.1) is 0 Å². The number of allylic oxidation sites excluding steroid dienone is 5. The van der Waals surface area contributed by atoms with Gasteiger partial charge in [-0.15, -0.1) is 0 Å². The van der Waals surface area contributed by atoms with Crippen molar-refractivity contribution >= 4 is 5.97 Å². The van der Waals surface area contributed by atoms with Crippen LogP contribution in [0, 0.1) is 35.5 Å². The molecule has 0 unspecified atom stereocenters. The van der Waals surface area contributed by atoms with Gasteiger partial charge < -0.3 is 5.11 Å². The van der Waals surface area contributed by atoms with Gasteiger partial charge in [-0.3, -0.25) is 0 Å². The molecule has 0 aliphatic heterocycles. The fraction of sp³-hybridized carbons (Fsp3) is 0.611. The molecule has 2 heteroatoms. The molecule has 0 amide bonds. The van der Waals surface area contributed by atoms with E-state index in [-0.39, 0.29) is 0 Å². The highest BCUT2D eigenvalue weighted by molar-refractivity contribution is 5.80. The van der Waals surface area contributed by atoms with Gasteiger partial charge in [0.2, 0.25) is 0 Å². The average molecular weight is 274 g/mol. The molecule has 1 saturated carbocycles. The maximum absolute atomic E-state index is 10.5. The van der Waals surface area contributed by atoms with E-state index in [2.05, 4.69) is 39.0 Å². The third kappa shape index (κ3) is 3.41. The third-order valence-electron chi connectivity index (χ3n) is 5.00. The van der Waals surface area contributed by atoms with Crippen LogP contribution in [-0.2, 0) is 4.79 Å². The molecule has 2 nitrogen and oxygen atoms in total. The molecule has 1 N–H and O–H groups in total. The van der Waals surface area contributed by atoms with Crippen molar-refractivity contribution in [1.29, 1.82) is 0 Å². The molecule has 0 aromatic heterocycles.